The minimum Gasteiger partial charge on any atom is -0.349 e. The van der Waals surface area contributed by atoms with Crippen molar-refractivity contribution in [2.75, 3.05) is 13.6 Å². The lowest BCUT2D eigenvalue weighted by molar-refractivity contribution is -0.121. The fraction of sp³-hybridized carbons (Fsp3) is 0.700. The summed E-state index contributed by atoms with van der Waals surface area (Å²) in [6, 6.07) is 0. The van der Waals surface area contributed by atoms with E-state index in [1.54, 1.807) is 11.3 Å². The first kappa shape index (κ1) is 13.1. The molecule has 6 heteroatoms. The second-order valence-electron chi connectivity index (χ2n) is 3.82. The summed E-state index contributed by atoms with van der Waals surface area (Å²) in [4.78, 5) is 11.3. The fourth-order valence-electron chi connectivity index (χ4n) is 1.07. The van der Waals surface area contributed by atoms with Crippen LogP contribution in [0.3, 0.4) is 0 Å². The SMILES string of the molecule is CNCCC(=O)NCc1nnc(C(C)C)s1. The molecule has 0 saturated carbocycles. The van der Waals surface area contributed by atoms with Crippen LogP contribution in [0.1, 0.15) is 36.2 Å². The smallest absolute Gasteiger partial charge is 0.221 e. The first-order valence-corrected chi connectivity index (χ1v) is 6.18. The van der Waals surface area contributed by atoms with Gasteiger partial charge in [0, 0.05) is 18.9 Å². The van der Waals surface area contributed by atoms with E-state index in [1.807, 2.05) is 7.05 Å². The standard InChI is InChI=1S/C10H18N4OS/c1-7(2)10-14-13-9(16-10)6-12-8(15)4-5-11-3/h7,11H,4-6H2,1-3H3,(H,12,15). The number of nitrogens with one attached hydrogen (secondary N) is 2. The molecule has 1 rings (SSSR count). The van der Waals surface area contributed by atoms with E-state index in [2.05, 4.69) is 34.7 Å². The molecule has 0 atom stereocenters. The fourth-order valence-corrected chi connectivity index (χ4v) is 1.86. The minimum atomic E-state index is 0.0376. The molecule has 0 unspecified atom stereocenters. The van der Waals surface area contributed by atoms with Gasteiger partial charge in [0.05, 0.1) is 6.54 Å². The first-order chi connectivity index (χ1) is 7.63. The van der Waals surface area contributed by atoms with E-state index in [0.29, 0.717) is 25.4 Å². The van der Waals surface area contributed by atoms with Crippen molar-refractivity contribution < 1.29 is 4.79 Å². The highest BCUT2D eigenvalue weighted by molar-refractivity contribution is 7.11. The van der Waals surface area contributed by atoms with Crippen molar-refractivity contribution in [1.82, 2.24) is 20.8 Å². The Bertz CT molecular complexity index is 337. The Morgan fingerprint density at radius 1 is 1.44 bits per heavy atom. The molecule has 0 aliphatic carbocycles. The van der Waals surface area contributed by atoms with E-state index < -0.39 is 0 Å². The summed E-state index contributed by atoms with van der Waals surface area (Å²) in [5.41, 5.74) is 0. The molecule has 0 aromatic carbocycles. The molecule has 0 saturated heterocycles. The van der Waals surface area contributed by atoms with Crippen molar-refractivity contribution in [3.05, 3.63) is 10.0 Å². The van der Waals surface area contributed by atoms with E-state index in [0.717, 1.165) is 10.0 Å². The second kappa shape index (κ2) is 6.55. The van der Waals surface area contributed by atoms with E-state index >= 15 is 0 Å². The van der Waals surface area contributed by atoms with Crippen LogP contribution in [0.2, 0.25) is 0 Å². The Morgan fingerprint density at radius 2 is 2.19 bits per heavy atom. The van der Waals surface area contributed by atoms with Crippen molar-refractivity contribution in [3.8, 4) is 0 Å². The second-order valence-corrected chi connectivity index (χ2v) is 4.91. The predicted octanol–water partition coefficient (Wildman–Crippen LogP) is 0.887. The summed E-state index contributed by atoms with van der Waals surface area (Å²) in [5, 5.41) is 15.7. The molecule has 1 aromatic heterocycles. The molecule has 1 aromatic rings. The van der Waals surface area contributed by atoms with Crippen LogP contribution in [0.4, 0.5) is 0 Å². The van der Waals surface area contributed by atoms with Crippen molar-refractivity contribution in [3.63, 3.8) is 0 Å². The molecular weight excluding hydrogens is 224 g/mol. The summed E-state index contributed by atoms with van der Waals surface area (Å²) in [7, 11) is 1.83. The van der Waals surface area contributed by atoms with Crippen molar-refractivity contribution in [1.29, 1.82) is 0 Å². The normalized spacial score (nSPS) is 10.8. The van der Waals surface area contributed by atoms with Gasteiger partial charge in [-0.05, 0) is 7.05 Å². The zero-order valence-electron chi connectivity index (χ0n) is 9.91. The molecular formula is C10H18N4OS. The van der Waals surface area contributed by atoms with Gasteiger partial charge in [0.1, 0.15) is 10.0 Å². The molecule has 5 nitrogen and oxygen atoms in total. The minimum absolute atomic E-state index is 0.0376. The van der Waals surface area contributed by atoms with E-state index in [4.69, 9.17) is 0 Å². The summed E-state index contributed by atoms with van der Waals surface area (Å²) < 4.78 is 0. The number of rotatable bonds is 6. The van der Waals surface area contributed by atoms with Gasteiger partial charge in [-0.2, -0.15) is 0 Å². The van der Waals surface area contributed by atoms with E-state index in [1.165, 1.54) is 0 Å². The first-order valence-electron chi connectivity index (χ1n) is 5.37. The molecule has 2 N–H and O–H groups in total. The quantitative estimate of drug-likeness (QED) is 0.777. The van der Waals surface area contributed by atoms with Crippen LogP contribution in [-0.4, -0.2) is 29.7 Å². The predicted molar refractivity (Wildman–Crippen MR) is 64.4 cm³/mol. The highest BCUT2D eigenvalue weighted by Gasteiger charge is 2.08. The van der Waals surface area contributed by atoms with Crippen LogP contribution >= 0.6 is 11.3 Å². The molecule has 0 spiro atoms. The van der Waals surface area contributed by atoms with E-state index in [-0.39, 0.29) is 5.91 Å². The third-order valence-electron chi connectivity index (χ3n) is 2.02. The Labute approximate surface area is 99.7 Å². The van der Waals surface area contributed by atoms with Gasteiger partial charge in [0.15, 0.2) is 0 Å². The van der Waals surface area contributed by atoms with Gasteiger partial charge < -0.3 is 10.6 Å². The van der Waals surface area contributed by atoms with Crippen LogP contribution in [-0.2, 0) is 11.3 Å². The molecule has 90 valence electrons. The number of aromatic nitrogens is 2. The molecule has 0 aliphatic rings. The number of nitrogens with zero attached hydrogens (tertiary/aromatic N) is 2. The molecule has 0 aliphatic heterocycles. The summed E-state index contributed by atoms with van der Waals surface area (Å²) in [6.07, 6.45) is 0.492. The van der Waals surface area contributed by atoms with Gasteiger partial charge in [-0.3, -0.25) is 4.79 Å². The van der Waals surface area contributed by atoms with E-state index in [9.17, 15) is 4.79 Å². The van der Waals surface area contributed by atoms with Crippen molar-refractivity contribution in [2.24, 2.45) is 0 Å². The van der Waals surface area contributed by atoms with Crippen LogP contribution in [0.25, 0.3) is 0 Å². The number of carbonyl (C=O) groups excluding carboxylic acids is 1. The Kier molecular flexibility index (Phi) is 5.34. The van der Waals surface area contributed by atoms with Crippen molar-refractivity contribution in [2.45, 2.75) is 32.7 Å². The number of hydrogen-bond donors (Lipinski definition) is 2. The van der Waals surface area contributed by atoms with Gasteiger partial charge in [-0.1, -0.05) is 25.2 Å². The lowest BCUT2D eigenvalue weighted by Gasteiger charge is -2.01. The summed E-state index contributed by atoms with van der Waals surface area (Å²) in [6.45, 7) is 5.33. The number of hydrogen-bond acceptors (Lipinski definition) is 5. The van der Waals surface area contributed by atoms with Crippen LogP contribution in [0.5, 0.6) is 0 Å². The highest BCUT2D eigenvalue weighted by Crippen LogP contribution is 2.18. The average Bonchev–Trinajstić information content (AvgIpc) is 2.72. The summed E-state index contributed by atoms with van der Waals surface area (Å²) >= 11 is 1.55. The maximum atomic E-state index is 11.3. The molecule has 16 heavy (non-hydrogen) atoms. The Balaban J connectivity index is 2.33. The van der Waals surface area contributed by atoms with Gasteiger partial charge >= 0.3 is 0 Å². The lowest BCUT2D eigenvalue weighted by Crippen LogP contribution is -2.26. The molecule has 1 amide bonds. The average molecular weight is 242 g/mol. The van der Waals surface area contributed by atoms with Gasteiger partial charge in [0.25, 0.3) is 0 Å². The summed E-state index contributed by atoms with van der Waals surface area (Å²) in [5.74, 6) is 0.432. The van der Waals surface area contributed by atoms with Crippen LogP contribution in [0, 0.1) is 0 Å². The zero-order valence-corrected chi connectivity index (χ0v) is 10.7. The maximum Gasteiger partial charge on any atom is 0.221 e. The van der Waals surface area contributed by atoms with Gasteiger partial charge in [-0.15, -0.1) is 10.2 Å². The molecule has 1 heterocycles. The monoisotopic (exact) mass is 242 g/mol. The van der Waals surface area contributed by atoms with Crippen molar-refractivity contribution >= 4 is 17.2 Å². The lowest BCUT2D eigenvalue weighted by atomic mass is 10.2. The van der Waals surface area contributed by atoms with Gasteiger partial charge in [0.2, 0.25) is 5.91 Å². The molecule has 0 radical (unpaired) electrons. The molecule has 0 fully saturated rings. The third kappa shape index (κ3) is 4.24. The third-order valence-corrected chi connectivity index (χ3v) is 3.24. The number of amides is 1. The zero-order chi connectivity index (χ0) is 12.0. The largest absolute Gasteiger partial charge is 0.349 e. The van der Waals surface area contributed by atoms with Gasteiger partial charge in [-0.25, -0.2) is 0 Å². The molecule has 0 bridgehead atoms. The Morgan fingerprint density at radius 3 is 2.75 bits per heavy atom. The Hall–Kier alpha value is -1.01. The maximum absolute atomic E-state index is 11.3. The topological polar surface area (TPSA) is 66.9 Å². The highest BCUT2D eigenvalue weighted by atomic mass is 32.1. The van der Waals surface area contributed by atoms with Crippen LogP contribution < -0.4 is 10.6 Å². The van der Waals surface area contributed by atoms with Crippen LogP contribution in [0.15, 0.2) is 0 Å². The number of carbonyl (C=O) groups is 1.